The van der Waals surface area contributed by atoms with Gasteiger partial charge in [0.1, 0.15) is 13.2 Å². The number of rotatable bonds is 46. The summed E-state index contributed by atoms with van der Waals surface area (Å²) in [6, 6.07) is 0. The summed E-state index contributed by atoms with van der Waals surface area (Å²) in [5.74, 6) is -0.892. The van der Waals surface area contributed by atoms with E-state index in [0.29, 0.717) is 19.3 Å². The molecule has 0 aromatic rings. The van der Waals surface area contributed by atoms with E-state index in [1.54, 1.807) is 0 Å². The van der Waals surface area contributed by atoms with Gasteiger partial charge in [-0.2, -0.15) is 0 Å². The van der Waals surface area contributed by atoms with Crippen LogP contribution in [0.15, 0.2) is 36.5 Å². The fraction of sp³-hybridized carbons (Fsp3) is 0.830. The molecule has 0 fully saturated rings. The zero-order valence-electron chi connectivity index (χ0n) is 39.3. The molecule has 0 spiro atoms. The number of hydrogen-bond acceptors (Lipinski definition) is 6. The summed E-state index contributed by atoms with van der Waals surface area (Å²) in [4.78, 5) is 37.9. The maximum atomic E-state index is 12.8. The van der Waals surface area contributed by atoms with Crippen LogP contribution in [0.5, 0.6) is 0 Å². The van der Waals surface area contributed by atoms with Crippen molar-refractivity contribution in [1.29, 1.82) is 0 Å². The van der Waals surface area contributed by atoms with Gasteiger partial charge in [0.15, 0.2) is 6.10 Å². The Kier molecular flexibility index (Phi) is 46.4. The number of allylic oxidation sites excluding steroid dienone is 6. The van der Waals surface area contributed by atoms with Crippen LogP contribution in [0.2, 0.25) is 0 Å². The average molecular weight is 829 g/mol. The van der Waals surface area contributed by atoms with Crippen molar-refractivity contribution in [2.75, 3.05) is 13.2 Å². The highest BCUT2D eigenvalue weighted by atomic mass is 16.6. The van der Waals surface area contributed by atoms with Gasteiger partial charge in [-0.25, -0.2) is 0 Å². The van der Waals surface area contributed by atoms with Crippen LogP contribution in [0.25, 0.3) is 0 Å². The maximum absolute atomic E-state index is 12.8. The van der Waals surface area contributed by atoms with E-state index < -0.39 is 6.10 Å². The molecule has 0 saturated carbocycles. The van der Waals surface area contributed by atoms with Crippen LogP contribution in [-0.4, -0.2) is 37.2 Å². The lowest BCUT2D eigenvalue weighted by Gasteiger charge is -2.18. The normalized spacial score (nSPS) is 12.3. The van der Waals surface area contributed by atoms with Gasteiger partial charge in [0, 0.05) is 19.3 Å². The first-order valence-electron chi connectivity index (χ1n) is 25.5. The molecule has 1 atom stereocenters. The second kappa shape index (κ2) is 48.3. The smallest absolute Gasteiger partial charge is 0.306 e. The van der Waals surface area contributed by atoms with Gasteiger partial charge in [-0.05, 0) is 70.6 Å². The third-order valence-electron chi connectivity index (χ3n) is 11.1. The molecule has 0 N–H and O–H groups in total. The van der Waals surface area contributed by atoms with E-state index in [1.807, 2.05) is 0 Å². The molecule has 0 bridgehead atoms. The molecular weight excluding hydrogens is 733 g/mol. The molecule has 6 heteroatoms. The fourth-order valence-electron chi connectivity index (χ4n) is 7.30. The molecule has 0 radical (unpaired) electrons. The van der Waals surface area contributed by atoms with E-state index in [9.17, 15) is 14.4 Å². The minimum Gasteiger partial charge on any atom is -0.462 e. The van der Waals surface area contributed by atoms with Crippen molar-refractivity contribution in [3.8, 4) is 0 Å². The molecule has 0 amide bonds. The first-order valence-corrected chi connectivity index (χ1v) is 25.5. The molecule has 0 aliphatic carbocycles. The minimum atomic E-state index is -0.776. The third kappa shape index (κ3) is 46.5. The fourth-order valence-corrected chi connectivity index (χ4v) is 7.30. The molecule has 0 saturated heterocycles. The van der Waals surface area contributed by atoms with Gasteiger partial charge < -0.3 is 14.2 Å². The van der Waals surface area contributed by atoms with Crippen LogP contribution in [-0.2, 0) is 28.6 Å². The first-order chi connectivity index (χ1) is 29.0. The molecule has 59 heavy (non-hydrogen) atoms. The van der Waals surface area contributed by atoms with Crippen molar-refractivity contribution in [1.82, 2.24) is 0 Å². The molecule has 0 aliphatic rings. The summed E-state index contributed by atoms with van der Waals surface area (Å²) >= 11 is 0. The predicted molar refractivity (Wildman–Crippen MR) is 252 cm³/mol. The number of unbranched alkanes of at least 4 members (excludes halogenated alkanes) is 29. The van der Waals surface area contributed by atoms with Crippen molar-refractivity contribution in [3.05, 3.63) is 36.5 Å². The topological polar surface area (TPSA) is 78.9 Å². The Hall–Kier alpha value is -2.37. The number of esters is 3. The van der Waals surface area contributed by atoms with E-state index in [0.717, 1.165) is 89.9 Å². The van der Waals surface area contributed by atoms with E-state index in [2.05, 4.69) is 57.2 Å². The largest absolute Gasteiger partial charge is 0.462 e. The summed E-state index contributed by atoms with van der Waals surface area (Å²) in [6.07, 6.45) is 55.5. The second-order valence-electron chi connectivity index (χ2n) is 17.1. The van der Waals surface area contributed by atoms with E-state index in [1.165, 1.54) is 135 Å². The number of carbonyl (C=O) groups is 3. The Balaban J connectivity index is 4.36. The first kappa shape index (κ1) is 56.6. The lowest BCUT2D eigenvalue weighted by atomic mass is 10.0. The monoisotopic (exact) mass is 829 g/mol. The summed E-state index contributed by atoms with van der Waals surface area (Å²) in [5, 5.41) is 0. The lowest BCUT2D eigenvalue weighted by Crippen LogP contribution is -2.30. The van der Waals surface area contributed by atoms with Gasteiger partial charge >= 0.3 is 17.9 Å². The quantitative estimate of drug-likeness (QED) is 0.0263. The maximum Gasteiger partial charge on any atom is 0.306 e. The molecule has 0 rings (SSSR count). The summed E-state index contributed by atoms with van der Waals surface area (Å²) in [6.45, 7) is 6.52. The third-order valence-corrected chi connectivity index (χ3v) is 11.1. The number of hydrogen-bond donors (Lipinski definition) is 0. The van der Waals surface area contributed by atoms with Gasteiger partial charge in [0.25, 0.3) is 0 Å². The zero-order valence-corrected chi connectivity index (χ0v) is 39.3. The average Bonchev–Trinajstić information content (AvgIpc) is 3.23. The summed E-state index contributed by atoms with van der Waals surface area (Å²) in [7, 11) is 0. The number of ether oxygens (including phenoxy) is 3. The Labute approximate surface area is 365 Å². The van der Waals surface area contributed by atoms with Crippen LogP contribution in [0.1, 0.15) is 265 Å². The highest BCUT2D eigenvalue weighted by Gasteiger charge is 2.19. The van der Waals surface area contributed by atoms with E-state index >= 15 is 0 Å². The Morgan fingerprint density at radius 3 is 1.03 bits per heavy atom. The molecule has 0 heterocycles. The standard InChI is InChI=1S/C53H96O6/c1-4-7-10-13-16-19-22-25-26-27-29-31-34-37-40-43-46-52(55)58-49-50(48-57-51(54)45-42-39-36-33-30-24-21-18-15-12-9-6-3)59-53(56)47-44-41-38-35-32-28-23-20-17-14-11-8-5-2/h9,12,18,21,26-27,50H,4-8,10-11,13-17,19-20,22-25,28-49H2,1-3H3/b12-9-,21-18-,27-26-. The summed E-state index contributed by atoms with van der Waals surface area (Å²) in [5.41, 5.74) is 0. The highest BCUT2D eigenvalue weighted by molar-refractivity contribution is 5.71. The molecule has 0 aromatic carbocycles. The molecule has 0 aliphatic heterocycles. The lowest BCUT2D eigenvalue weighted by molar-refractivity contribution is -0.167. The highest BCUT2D eigenvalue weighted by Crippen LogP contribution is 2.15. The predicted octanol–water partition coefficient (Wildman–Crippen LogP) is 16.5. The van der Waals surface area contributed by atoms with Gasteiger partial charge in [-0.3, -0.25) is 14.4 Å². The zero-order chi connectivity index (χ0) is 43.0. The summed E-state index contributed by atoms with van der Waals surface area (Å²) < 4.78 is 16.8. The van der Waals surface area contributed by atoms with Crippen LogP contribution < -0.4 is 0 Å². The van der Waals surface area contributed by atoms with E-state index in [-0.39, 0.29) is 31.1 Å². The van der Waals surface area contributed by atoms with Crippen molar-refractivity contribution in [2.45, 2.75) is 271 Å². The Morgan fingerprint density at radius 1 is 0.356 bits per heavy atom. The Morgan fingerprint density at radius 2 is 0.661 bits per heavy atom. The van der Waals surface area contributed by atoms with Crippen molar-refractivity contribution in [3.63, 3.8) is 0 Å². The van der Waals surface area contributed by atoms with Gasteiger partial charge in [0.05, 0.1) is 0 Å². The molecule has 0 aromatic heterocycles. The van der Waals surface area contributed by atoms with E-state index in [4.69, 9.17) is 14.2 Å². The Bertz CT molecular complexity index is 1000. The minimum absolute atomic E-state index is 0.0784. The van der Waals surface area contributed by atoms with Crippen LogP contribution >= 0.6 is 0 Å². The van der Waals surface area contributed by atoms with Crippen LogP contribution in [0, 0.1) is 0 Å². The van der Waals surface area contributed by atoms with Crippen molar-refractivity contribution in [2.24, 2.45) is 0 Å². The molecule has 344 valence electrons. The van der Waals surface area contributed by atoms with Crippen LogP contribution in [0.3, 0.4) is 0 Å². The van der Waals surface area contributed by atoms with Crippen molar-refractivity contribution >= 4 is 17.9 Å². The molecule has 1 unspecified atom stereocenters. The molecular formula is C53H96O6. The van der Waals surface area contributed by atoms with Gasteiger partial charge in [0.2, 0.25) is 0 Å². The van der Waals surface area contributed by atoms with Gasteiger partial charge in [-0.1, -0.05) is 211 Å². The SMILES string of the molecule is CC/C=C\C/C=C\CCCCCCCC(=O)OCC(COC(=O)CCCCCCC/C=C\CCCCCCCCC)OC(=O)CCCCCCCCCCCCCCC. The van der Waals surface area contributed by atoms with Crippen molar-refractivity contribution < 1.29 is 28.6 Å². The number of carbonyl (C=O) groups excluding carboxylic acids is 3. The molecule has 6 nitrogen and oxygen atoms in total. The van der Waals surface area contributed by atoms with Gasteiger partial charge in [-0.15, -0.1) is 0 Å². The second-order valence-corrected chi connectivity index (χ2v) is 17.1. The van der Waals surface area contributed by atoms with Crippen LogP contribution in [0.4, 0.5) is 0 Å².